The third-order valence-electron chi connectivity index (χ3n) is 1.80. The molecule has 3 N–H and O–H groups in total. The summed E-state index contributed by atoms with van der Waals surface area (Å²) in [6.07, 6.45) is 0. The van der Waals surface area contributed by atoms with Crippen molar-refractivity contribution in [2.75, 3.05) is 33.4 Å². The molecule has 0 aliphatic heterocycles. The minimum Gasteiger partial charge on any atom is 0 e. The number of likely N-dealkylation sites (N-methyl/N-ethyl adjacent to an activating group) is 2. The summed E-state index contributed by atoms with van der Waals surface area (Å²) >= 11 is 10.0. The van der Waals surface area contributed by atoms with Crippen molar-refractivity contribution in [2.45, 2.75) is 53.6 Å². The third kappa shape index (κ3) is 71.6. The molecule has 0 aliphatic rings. The molecule has 0 heterocycles. The van der Waals surface area contributed by atoms with Crippen molar-refractivity contribution in [2.24, 2.45) is 0 Å². The van der Waals surface area contributed by atoms with Gasteiger partial charge in [-0.2, -0.15) is 0 Å². The van der Waals surface area contributed by atoms with Gasteiger partial charge in [0.25, 0.3) is 0 Å². The predicted molar refractivity (Wildman–Crippen MR) is 133 cm³/mol. The third-order valence-corrected chi connectivity index (χ3v) is 1.80. The zero-order valence-electron chi connectivity index (χ0n) is 15.6. The molecule has 0 aliphatic carbocycles. The monoisotopic (exact) mass is 987 g/mol. The molecule has 0 amide bonds. The molecule has 0 fully saturated rings. The van der Waals surface area contributed by atoms with Gasteiger partial charge in [-0.1, -0.05) is 27.7 Å². The Bertz CT molecular complexity index is 154. The Morgan fingerprint density at radius 3 is 1.50 bits per heavy atom. The largest absolute Gasteiger partial charge is 0 e. The van der Waals surface area contributed by atoms with Crippen LogP contribution in [-0.2, 0) is 32.8 Å². The van der Waals surface area contributed by atoms with Gasteiger partial charge in [-0.15, -0.1) is 0 Å². The van der Waals surface area contributed by atoms with Crippen molar-refractivity contribution in [3.05, 3.63) is 0 Å². The van der Waals surface area contributed by atoms with Crippen molar-refractivity contribution in [3.63, 3.8) is 0 Å². The quantitative estimate of drug-likeness (QED) is 0.343. The molecule has 0 aromatic rings. The van der Waals surface area contributed by atoms with Crippen LogP contribution < -0.4 is 23.9 Å². The first-order valence-electron chi connectivity index (χ1n) is 7.31. The number of nitrogens with one attached hydrogen (secondary N) is 2. The molecule has 154 valence electrons. The second-order valence-corrected chi connectivity index (χ2v) is 31.7. The second-order valence-electron chi connectivity index (χ2n) is 3.67. The van der Waals surface area contributed by atoms with Crippen LogP contribution in [0.15, 0.2) is 0 Å². The van der Waals surface area contributed by atoms with Gasteiger partial charge in [0.05, 0.1) is 13.2 Å². The van der Waals surface area contributed by atoms with Gasteiger partial charge in [0.1, 0.15) is 0 Å². The van der Waals surface area contributed by atoms with Gasteiger partial charge in [0, 0.05) is 37.7 Å². The Morgan fingerprint density at radius 1 is 1.04 bits per heavy atom. The SMILES string of the molecule is CC.CCN[C@@H](C)CO.CCN[C@@H](C)COC.I[I-]I.[I][V][I].[V]. The summed E-state index contributed by atoms with van der Waals surface area (Å²) in [4.78, 5) is 0. The van der Waals surface area contributed by atoms with Crippen LogP contribution in [0, 0.1) is 0 Å². The average Bonchev–Trinajstić information content (AvgIpc) is 2.52. The van der Waals surface area contributed by atoms with Gasteiger partial charge >= 0.3 is 99.9 Å². The minimum atomic E-state index is 0. The molecule has 0 saturated heterocycles. The van der Waals surface area contributed by atoms with Crippen LogP contribution in [-0.4, -0.2) is 50.6 Å². The van der Waals surface area contributed by atoms with E-state index in [1.807, 2.05) is 27.7 Å². The maximum atomic E-state index is 8.40. The van der Waals surface area contributed by atoms with E-state index in [2.05, 4.69) is 102 Å². The van der Waals surface area contributed by atoms with Gasteiger partial charge in [0.2, 0.25) is 0 Å². The summed E-state index contributed by atoms with van der Waals surface area (Å²) < 4.78 is 4.89. The minimum absolute atomic E-state index is 0. The molecule has 2 atom stereocenters. The van der Waals surface area contributed by atoms with E-state index in [1.54, 1.807) is 7.11 Å². The van der Waals surface area contributed by atoms with Crippen LogP contribution in [0.2, 0.25) is 0 Å². The number of halogens is 5. The standard InChI is InChI=1S/C6H15NO.C5H13NO.C2H6.I3.2HI.2V/c1-4-7-6(2)5-8-3;1-3-6-5(2)4-7;1-2;1-3-2;;;;/h6-7H,4-5H2,1-3H3;5-7H,3-4H2,1-2H3;1-2H3;;2*1H;;/q;;;-1;;;;+2/p-2/t6-;5-;;;;;;/m00....../s1. The number of aliphatic hydroxyl groups is 1. The van der Waals surface area contributed by atoms with E-state index < -0.39 is 0 Å². The maximum Gasteiger partial charge on any atom is 0 e. The summed E-state index contributed by atoms with van der Waals surface area (Å²) in [5, 5.41) is 14.7. The van der Waals surface area contributed by atoms with Gasteiger partial charge in [0.15, 0.2) is 0 Å². The Labute approximate surface area is 221 Å². The first-order valence-corrected chi connectivity index (χ1v) is 28.9. The topological polar surface area (TPSA) is 53.5 Å². The fraction of sp³-hybridized carbons (Fsp3) is 1.00. The van der Waals surface area contributed by atoms with Crippen LogP contribution >= 0.6 is 77.2 Å². The van der Waals surface area contributed by atoms with E-state index in [4.69, 9.17) is 9.84 Å². The first kappa shape index (κ1) is 42.7. The molecule has 24 heavy (non-hydrogen) atoms. The van der Waals surface area contributed by atoms with E-state index >= 15 is 0 Å². The summed E-state index contributed by atoms with van der Waals surface area (Å²) in [7, 11) is 2.34. The number of hydrogen-bond donors (Lipinski definition) is 3. The fourth-order valence-electron chi connectivity index (χ4n) is 1.07. The van der Waals surface area contributed by atoms with Crippen LogP contribution in [0.4, 0.5) is 0 Å². The van der Waals surface area contributed by atoms with E-state index in [0.717, 1.165) is 19.7 Å². The van der Waals surface area contributed by atoms with Crippen molar-refractivity contribution in [3.8, 4) is 0 Å². The smallest absolute Gasteiger partial charge is 0 e. The van der Waals surface area contributed by atoms with E-state index in [0.29, 0.717) is 28.8 Å². The molecule has 0 unspecified atom stereocenters. The molecule has 11 heteroatoms. The van der Waals surface area contributed by atoms with Crippen molar-refractivity contribution >= 4 is 77.2 Å². The van der Waals surface area contributed by atoms with Crippen molar-refractivity contribution < 1.29 is 51.1 Å². The maximum absolute atomic E-state index is 8.40. The summed E-state index contributed by atoms with van der Waals surface area (Å²) in [5.41, 5.74) is 0. The van der Waals surface area contributed by atoms with Gasteiger partial charge < -0.3 is 20.5 Å². The van der Waals surface area contributed by atoms with Crippen LogP contribution in [0.3, 0.4) is 0 Å². The molecule has 0 bridgehead atoms. The summed E-state index contributed by atoms with van der Waals surface area (Å²) in [5.74, 6) is 0. The number of hydrogen-bond acceptors (Lipinski definition) is 4. The zero-order valence-corrected chi connectivity index (χ0v) is 29.2. The molecule has 1 radical (unpaired) electrons. The van der Waals surface area contributed by atoms with E-state index in [9.17, 15) is 0 Å². The number of ether oxygens (including phenoxy) is 1. The Morgan fingerprint density at radius 2 is 1.33 bits per heavy atom. The fourth-order valence-corrected chi connectivity index (χ4v) is 1.07. The molecule has 0 spiro atoms. The number of aliphatic hydroxyl groups excluding tert-OH is 1. The van der Waals surface area contributed by atoms with Crippen molar-refractivity contribution in [1.82, 2.24) is 10.6 Å². The van der Waals surface area contributed by atoms with E-state index in [-0.39, 0.29) is 31.2 Å². The average molecular weight is 987 g/mol. The molecular weight excluding hydrogens is 953 g/mol. The molecule has 0 rings (SSSR count). The van der Waals surface area contributed by atoms with E-state index in [1.165, 1.54) is 0 Å². The first-order chi connectivity index (χ1) is 10.9. The summed E-state index contributed by atoms with van der Waals surface area (Å²) in [6, 6.07) is 0.745. The molecule has 4 nitrogen and oxygen atoms in total. The molecule has 0 aromatic carbocycles. The number of methoxy groups -OCH3 is 1. The summed E-state index contributed by atoms with van der Waals surface area (Å²) in [6.45, 7) is 15.1. The number of rotatable bonds is 7. The Kier molecular flexibility index (Phi) is 90.5. The molecule has 0 aromatic heterocycles. The molecule has 0 saturated carbocycles. The van der Waals surface area contributed by atoms with Gasteiger partial charge in [-0.25, -0.2) is 0 Å². The van der Waals surface area contributed by atoms with Crippen LogP contribution in [0.5, 0.6) is 0 Å². The molecular formula is C13H34I5N2O2V2-. The predicted octanol–water partition coefficient (Wildman–Crippen LogP) is 2.18. The van der Waals surface area contributed by atoms with Gasteiger partial charge in [-0.3, -0.25) is 0 Å². The second kappa shape index (κ2) is 50.9. The zero-order chi connectivity index (χ0) is 19.5. The normalized spacial score (nSPS) is 10.5. The van der Waals surface area contributed by atoms with Crippen molar-refractivity contribution in [1.29, 1.82) is 0 Å². The van der Waals surface area contributed by atoms with Gasteiger partial charge in [-0.05, 0) is 26.9 Å². The Balaban J connectivity index is -0.0000000462. The Hall–Kier alpha value is 4.66. The van der Waals surface area contributed by atoms with Crippen LogP contribution in [0.1, 0.15) is 41.5 Å². The van der Waals surface area contributed by atoms with Crippen LogP contribution in [0.25, 0.3) is 0 Å².